The molecule has 0 saturated heterocycles. The predicted molar refractivity (Wildman–Crippen MR) is 131 cm³/mol. The second-order valence-corrected chi connectivity index (χ2v) is 13.6. The minimum Gasteiger partial charge on any atom is -0.393 e. The molecule has 0 spiro atoms. The first-order valence-electron chi connectivity index (χ1n) is 13.9. The Morgan fingerprint density at radius 2 is 1.59 bits per heavy atom. The van der Waals surface area contributed by atoms with Crippen molar-refractivity contribution in [3.05, 3.63) is 0 Å². The first-order chi connectivity index (χ1) is 15.0. The summed E-state index contributed by atoms with van der Waals surface area (Å²) in [6.45, 7) is 12.6. The molecule has 0 aromatic rings. The molecule has 186 valence electrons. The molecule has 0 bridgehead atoms. The van der Waals surface area contributed by atoms with Crippen molar-refractivity contribution in [3.8, 4) is 0 Å². The van der Waals surface area contributed by atoms with Gasteiger partial charge in [0.05, 0.1) is 18.3 Å². The third-order valence-electron chi connectivity index (χ3n) is 11.6. The SMILES string of the molecule is COC[C@]1(O)CC[C@@]2(C)[C@@H](CC[C@@H]3[C@@H]2CC[C@]2(C)[C@@H]([C@H](C)[C@@H](O)CCC(C)C)CC[C@@H]32)C1. The molecule has 4 aliphatic carbocycles. The van der Waals surface area contributed by atoms with Crippen LogP contribution in [-0.2, 0) is 4.74 Å². The molecule has 0 aromatic heterocycles. The molecule has 0 amide bonds. The van der Waals surface area contributed by atoms with E-state index in [-0.39, 0.29) is 6.10 Å². The minimum atomic E-state index is -0.602. The Bertz CT molecular complexity index is 648. The van der Waals surface area contributed by atoms with Gasteiger partial charge in [0.25, 0.3) is 0 Å². The zero-order chi connectivity index (χ0) is 23.3. The molecule has 3 heteroatoms. The van der Waals surface area contributed by atoms with Crippen LogP contribution in [0.4, 0.5) is 0 Å². The van der Waals surface area contributed by atoms with E-state index in [4.69, 9.17) is 4.74 Å². The number of fused-ring (bicyclic) bond motifs is 5. The van der Waals surface area contributed by atoms with Gasteiger partial charge in [0.1, 0.15) is 0 Å². The number of hydrogen-bond donors (Lipinski definition) is 2. The zero-order valence-corrected chi connectivity index (χ0v) is 21.9. The van der Waals surface area contributed by atoms with Crippen LogP contribution in [0.25, 0.3) is 0 Å². The smallest absolute Gasteiger partial charge is 0.0883 e. The molecule has 4 saturated carbocycles. The van der Waals surface area contributed by atoms with Gasteiger partial charge in [-0.15, -0.1) is 0 Å². The molecular formula is C29H52O3. The third-order valence-corrected chi connectivity index (χ3v) is 11.6. The summed E-state index contributed by atoms with van der Waals surface area (Å²) >= 11 is 0. The van der Waals surface area contributed by atoms with Gasteiger partial charge in [0, 0.05) is 7.11 Å². The van der Waals surface area contributed by atoms with Gasteiger partial charge in [0.2, 0.25) is 0 Å². The van der Waals surface area contributed by atoms with Gasteiger partial charge in [-0.2, -0.15) is 0 Å². The molecule has 4 fully saturated rings. The van der Waals surface area contributed by atoms with Crippen LogP contribution in [0.15, 0.2) is 0 Å². The topological polar surface area (TPSA) is 49.7 Å². The van der Waals surface area contributed by atoms with E-state index in [1.54, 1.807) is 7.11 Å². The van der Waals surface area contributed by atoms with E-state index in [0.717, 1.165) is 49.9 Å². The molecule has 0 radical (unpaired) electrons. The predicted octanol–water partition coefficient (Wildman–Crippen LogP) is 6.46. The molecule has 0 aromatic carbocycles. The van der Waals surface area contributed by atoms with Crippen molar-refractivity contribution in [3.63, 3.8) is 0 Å². The van der Waals surface area contributed by atoms with E-state index in [1.165, 1.54) is 38.5 Å². The van der Waals surface area contributed by atoms with Crippen molar-refractivity contribution in [2.45, 2.75) is 117 Å². The minimum absolute atomic E-state index is 0.138. The van der Waals surface area contributed by atoms with E-state index in [1.807, 2.05) is 0 Å². The van der Waals surface area contributed by atoms with Gasteiger partial charge in [-0.1, -0.05) is 34.6 Å². The summed E-state index contributed by atoms with van der Waals surface area (Å²) in [6.07, 6.45) is 13.0. The van der Waals surface area contributed by atoms with Crippen molar-refractivity contribution in [1.82, 2.24) is 0 Å². The lowest BCUT2D eigenvalue weighted by atomic mass is 9.43. The van der Waals surface area contributed by atoms with Crippen molar-refractivity contribution >= 4 is 0 Å². The van der Waals surface area contributed by atoms with Crippen molar-refractivity contribution in [2.24, 2.45) is 52.3 Å². The Balaban J connectivity index is 1.47. The Morgan fingerprint density at radius 3 is 2.28 bits per heavy atom. The lowest BCUT2D eigenvalue weighted by molar-refractivity contribution is -0.164. The van der Waals surface area contributed by atoms with Crippen LogP contribution in [0.3, 0.4) is 0 Å². The quantitative estimate of drug-likeness (QED) is 0.470. The molecule has 4 aliphatic rings. The highest BCUT2D eigenvalue weighted by Gasteiger charge is 2.61. The summed E-state index contributed by atoms with van der Waals surface area (Å²) in [4.78, 5) is 0. The Morgan fingerprint density at radius 1 is 0.875 bits per heavy atom. The maximum absolute atomic E-state index is 11.1. The van der Waals surface area contributed by atoms with E-state index in [9.17, 15) is 10.2 Å². The molecule has 0 aliphatic heterocycles. The number of hydrogen-bond acceptors (Lipinski definition) is 3. The van der Waals surface area contributed by atoms with Crippen LogP contribution in [0.5, 0.6) is 0 Å². The highest BCUT2D eigenvalue weighted by atomic mass is 16.5. The molecule has 2 N–H and O–H groups in total. The van der Waals surface area contributed by atoms with Gasteiger partial charge < -0.3 is 14.9 Å². The average molecular weight is 449 g/mol. The van der Waals surface area contributed by atoms with Crippen LogP contribution >= 0.6 is 0 Å². The van der Waals surface area contributed by atoms with E-state index >= 15 is 0 Å². The first-order valence-corrected chi connectivity index (χ1v) is 13.9. The van der Waals surface area contributed by atoms with E-state index < -0.39 is 5.60 Å². The fourth-order valence-electron chi connectivity index (χ4n) is 9.66. The molecule has 3 nitrogen and oxygen atoms in total. The molecule has 0 heterocycles. The van der Waals surface area contributed by atoms with E-state index in [2.05, 4.69) is 34.6 Å². The fraction of sp³-hybridized carbons (Fsp3) is 1.00. The second kappa shape index (κ2) is 9.15. The summed E-state index contributed by atoms with van der Waals surface area (Å²) in [6, 6.07) is 0. The number of aliphatic hydroxyl groups excluding tert-OH is 1. The summed E-state index contributed by atoms with van der Waals surface area (Å²) in [5.41, 5.74) is 0.202. The average Bonchev–Trinajstić information content (AvgIpc) is 3.09. The lowest BCUT2D eigenvalue weighted by Gasteiger charge is -2.62. The first kappa shape index (κ1) is 25.0. The summed E-state index contributed by atoms with van der Waals surface area (Å²) < 4.78 is 5.39. The van der Waals surface area contributed by atoms with Gasteiger partial charge >= 0.3 is 0 Å². The van der Waals surface area contributed by atoms with Crippen LogP contribution in [0.1, 0.15) is 105 Å². The molecular weight excluding hydrogens is 396 g/mol. The van der Waals surface area contributed by atoms with Crippen LogP contribution in [0.2, 0.25) is 0 Å². The Labute approximate surface area is 198 Å². The Kier molecular flexibility index (Phi) is 7.15. The largest absolute Gasteiger partial charge is 0.393 e. The third kappa shape index (κ3) is 4.22. The molecule has 32 heavy (non-hydrogen) atoms. The summed E-state index contributed by atoms with van der Waals surface area (Å²) in [5.74, 6) is 4.94. The van der Waals surface area contributed by atoms with Gasteiger partial charge in [-0.25, -0.2) is 0 Å². The van der Waals surface area contributed by atoms with Crippen molar-refractivity contribution in [1.29, 1.82) is 0 Å². The van der Waals surface area contributed by atoms with Gasteiger partial charge in [0.15, 0.2) is 0 Å². The molecule has 4 rings (SSSR count). The van der Waals surface area contributed by atoms with Crippen molar-refractivity contribution < 1.29 is 14.9 Å². The second-order valence-electron chi connectivity index (χ2n) is 13.6. The monoisotopic (exact) mass is 448 g/mol. The maximum atomic E-state index is 11.1. The maximum Gasteiger partial charge on any atom is 0.0883 e. The van der Waals surface area contributed by atoms with Crippen LogP contribution in [0, 0.1) is 52.3 Å². The van der Waals surface area contributed by atoms with Crippen LogP contribution < -0.4 is 0 Å². The van der Waals surface area contributed by atoms with Gasteiger partial charge in [-0.3, -0.25) is 0 Å². The lowest BCUT2D eigenvalue weighted by Crippen LogP contribution is -2.57. The van der Waals surface area contributed by atoms with Crippen molar-refractivity contribution in [2.75, 3.05) is 13.7 Å². The summed E-state index contributed by atoms with van der Waals surface area (Å²) in [7, 11) is 1.72. The zero-order valence-electron chi connectivity index (χ0n) is 21.9. The fourth-order valence-corrected chi connectivity index (χ4v) is 9.66. The summed E-state index contributed by atoms with van der Waals surface area (Å²) in [5, 5.41) is 22.1. The van der Waals surface area contributed by atoms with Gasteiger partial charge in [-0.05, 0) is 123 Å². The Hall–Kier alpha value is -0.120. The number of aliphatic hydroxyl groups is 2. The normalized spacial score (nSPS) is 48.1. The van der Waals surface area contributed by atoms with Crippen LogP contribution in [-0.4, -0.2) is 35.6 Å². The molecule has 0 unspecified atom stereocenters. The number of ether oxygens (including phenoxy) is 1. The standard InChI is InChI=1S/C29H52O3/c1-19(2)7-12-26(30)20(3)23-10-11-24-22-9-8-21-17-29(31,18-32-6)16-15-27(21,4)25(22)13-14-28(23,24)5/h19-26,30-31H,7-18H2,1-6H3/t20-,21-,22-,23+,24-,25-,26-,27-,28+,29-/m0/s1. The number of methoxy groups -OCH3 is 1. The highest BCUT2D eigenvalue weighted by Crippen LogP contribution is 2.68. The number of rotatable bonds is 7. The highest BCUT2D eigenvalue weighted by molar-refractivity contribution is 5.11. The molecule has 10 atom stereocenters. The van der Waals surface area contributed by atoms with E-state index in [0.29, 0.717) is 41.1 Å².